The van der Waals surface area contributed by atoms with Gasteiger partial charge in [-0.25, -0.2) is 0 Å². The molecule has 27 heavy (non-hydrogen) atoms. The van der Waals surface area contributed by atoms with Crippen LogP contribution in [-0.4, -0.2) is 21.9 Å². The molecular weight excluding hydrogens is 376 g/mol. The van der Waals surface area contributed by atoms with Crippen molar-refractivity contribution in [2.24, 2.45) is 0 Å². The average Bonchev–Trinajstić information content (AvgIpc) is 2.71. The molecule has 0 bridgehead atoms. The Bertz CT molecular complexity index is 742. The first kappa shape index (κ1) is 22.7. The zero-order chi connectivity index (χ0) is 19.9. The SMILES string of the molecule is O=C(S)c1ccccc1.O=C(S)c1ccccc1.OCCc1ccccc1. The lowest BCUT2D eigenvalue weighted by molar-refractivity contribution is 0.108. The van der Waals surface area contributed by atoms with E-state index in [0.717, 1.165) is 6.42 Å². The molecule has 3 nitrogen and oxygen atoms in total. The van der Waals surface area contributed by atoms with Gasteiger partial charge in [-0.3, -0.25) is 9.59 Å². The number of thiol groups is 2. The maximum absolute atomic E-state index is 10.5. The van der Waals surface area contributed by atoms with Gasteiger partial charge in [0.25, 0.3) is 0 Å². The van der Waals surface area contributed by atoms with Crippen LogP contribution in [0.5, 0.6) is 0 Å². The van der Waals surface area contributed by atoms with E-state index in [-0.39, 0.29) is 16.8 Å². The van der Waals surface area contributed by atoms with E-state index in [1.54, 1.807) is 24.3 Å². The Kier molecular flexibility index (Phi) is 11.6. The summed E-state index contributed by atoms with van der Waals surface area (Å²) in [6.45, 7) is 0.240. The molecule has 1 N–H and O–H groups in total. The summed E-state index contributed by atoms with van der Waals surface area (Å²) in [5.41, 5.74) is 2.47. The van der Waals surface area contributed by atoms with Gasteiger partial charge in [-0.05, 0) is 12.0 Å². The van der Waals surface area contributed by atoms with Crippen molar-refractivity contribution in [3.05, 3.63) is 108 Å². The van der Waals surface area contributed by atoms with Crippen molar-refractivity contribution in [3.63, 3.8) is 0 Å². The van der Waals surface area contributed by atoms with Crippen LogP contribution in [0.15, 0.2) is 91.0 Å². The molecule has 0 amide bonds. The lowest BCUT2D eigenvalue weighted by Crippen LogP contribution is -1.88. The third-order valence-electron chi connectivity index (χ3n) is 3.28. The van der Waals surface area contributed by atoms with Gasteiger partial charge in [-0.15, -0.1) is 25.3 Å². The first-order valence-electron chi connectivity index (χ1n) is 8.26. The first-order valence-corrected chi connectivity index (χ1v) is 9.15. The van der Waals surface area contributed by atoms with E-state index < -0.39 is 0 Å². The maximum atomic E-state index is 10.5. The Labute approximate surface area is 170 Å². The minimum Gasteiger partial charge on any atom is -0.396 e. The van der Waals surface area contributed by atoms with Crippen molar-refractivity contribution < 1.29 is 14.7 Å². The second kappa shape index (κ2) is 13.8. The number of benzene rings is 3. The summed E-state index contributed by atoms with van der Waals surface area (Å²) in [4.78, 5) is 21.0. The normalized spacial score (nSPS) is 9.15. The highest BCUT2D eigenvalue weighted by Crippen LogP contribution is 2.01. The second-order valence-corrected chi connectivity index (χ2v) is 6.11. The van der Waals surface area contributed by atoms with Crippen molar-refractivity contribution in [1.82, 2.24) is 0 Å². The van der Waals surface area contributed by atoms with Crippen LogP contribution in [0.25, 0.3) is 0 Å². The van der Waals surface area contributed by atoms with Gasteiger partial charge in [0.05, 0.1) is 0 Å². The molecule has 0 fully saturated rings. The number of rotatable bonds is 4. The molecule has 0 aliphatic carbocycles. The summed E-state index contributed by atoms with van der Waals surface area (Å²) in [6.07, 6.45) is 0.765. The van der Waals surface area contributed by atoms with Crippen LogP contribution in [0, 0.1) is 0 Å². The lowest BCUT2D eigenvalue weighted by Gasteiger charge is -1.93. The third kappa shape index (κ3) is 10.4. The van der Waals surface area contributed by atoms with Crippen molar-refractivity contribution in [2.45, 2.75) is 6.42 Å². The zero-order valence-corrected chi connectivity index (χ0v) is 16.5. The summed E-state index contributed by atoms with van der Waals surface area (Å²) in [5, 5.41) is 8.15. The maximum Gasteiger partial charge on any atom is 0.216 e. The Morgan fingerprint density at radius 2 is 0.963 bits per heavy atom. The van der Waals surface area contributed by atoms with E-state index in [1.165, 1.54) is 5.56 Å². The Morgan fingerprint density at radius 3 is 1.22 bits per heavy atom. The van der Waals surface area contributed by atoms with E-state index in [1.807, 2.05) is 66.7 Å². The molecule has 0 saturated carbocycles. The fourth-order valence-corrected chi connectivity index (χ4v) is 2.23. The van der Waals surface area contributed by atoms with Crippen LogP contribution < -0.4 is 0 Å². The standard InChI is InChI=1S/C8H10O.2C7H6OS/c9-7-6-8-4-2-1-3-5-8;2*8-7(9)6-4-2-1-3-5-6/h1-5,9H,6-7H2;2*1-5H,(H,8,9). The van der Waals surface area contributed by atoms with Crippen LogP contribution in [0.1, 0.15) is 26.3 Å². The summed E-state index contributed by atoms with van der Waals surface area (Å²) in [5.74, 6) is 0. The van der Waals surface area contributed by atoms with Gasteiger partial charge in [0.1, 0.15) is 0 Å². The van der Waals surface area contributed by atoms with Crippen molar-refractivity contribution >= 4 is 35.5 Å². The van der Waals surface area contributed by atoms with Gasteiger partial charge in [0.2, 0.25) is 10.2 Å². The molecule has 0 heterocycles. The number of carbonyl (C=O) groups excluding carboxylic acids is 2. The van der Waals surface area contributed by atoms with E-state index in [2.05, 4.69) is 25.3 Å². The summed E-state index contributed by atoms with van der Waals surface area (Å²) in [7, 11) is 0. The molecule has 3 aromatic carbocycles. The molecule has 3 rings (SSSR count). The van der Waals surface area contributed by atoms with E-state index in [4.69, 9.17) is 5.11 Å². The van der Waals surface area contributed by atoms with Crippen LogP contribution in [-0.2, 0) is 6.42 Å². The highest BCUT2D eigenvalue weighted by Gasteiger charge is 1.94. The Morgan fingerprint density at radius 1 is 0.630 bits per heavy atom. The molecule has 0 atom stereocenters. The molecular formula is C22H22O3S2. The summed E-state index contributed by atoms with van der Waals surface area (Å²) in [6, 6.07) is 27.8. The minimum atomic E-state index is -0.185. The molecule has 0 spiro atoms. The lowest BCUT2D eigenvalue weighted by atomic mass is 10.2. The highest BCUT2D eigenvalue weighted by atomic mass is 32.1. The topological polar surface area (TPSA) is 54.4 Å². The van der Waals surface area contributed by atoms with E-state index in [0.29, 0.717) is 11.1 Å². The van der Waals surface area contributed by atoms with Gasteiger partial charge >= 0.3 is 0 Å². The zero-order valence-electron chi connectivity index (χ0n) is 14.7. The minimum absolute atomic E-state index is 0.185. The molecule has 0 unspecified atom stereocenters. The molecule has 0 radical (unpaired) electrons. The predicted octanol–water partition coefficient (Wildman–Crippen LogP) is 4.73. The van der Waals surface area contributed by atoms with Crippen molar-refractivity contribution in [3.8, 4) is 0 Å². The van der Waals surface area contributed by atoms with E-state index in [9.17, 15) is 9.59 Å². The quantitative estimate of drug-likeness (QED) is 0.557. The van der Waals surface area contributed by atoms with Gasteiger partial charge < -0.3 is 5.11 Å². The third-order valence-corrected chi connectivity index (χ3v) is 3.80. The fourth-order valence-electron chi connectivity index (χ4n) is 1.94. The number of hydrogen-bond donors (Lipinski definition) is 3. The smallest absolute Gasteiger partial charge is 0.216 e. The molecule has 0 aliphatic heterocycles. The number of hydrogen-bond acceptors (Lipinski definition) is 3. The highest BCUT2D eigenvalue weighted by molar-refractivity contribution is 7.97. The summed E-state index contributed by atoms with van der Waals surface area (Å²) >= 11 is 7.30. The van der Waals surface area contributed by atoms with Crippen LogP contribution in [0.2, 0.25) is 0 Å². The Hall–Kier alpha value is -2.34. The molecule has 0 saturated heterocycles. The molecule has 5 heteroatoms. The fraction of sp³-hybridized carbons (Fsp3) is 0.0909. The van der Waals surface area contributed by atoms with E-state index >= 15 is 0 Å². The largest absolute Gasteiger partial charge is 0.396 e. The van der Waals surface area contributed by atoms with Crippen LogP contribution in [0.3, 0.4) is 0 Å². The molecule has 3 aromatic rings. The number of carbonyl (C=O) groups is 2. The molecule has 0 aromatic heterocycles. The van der Waals surface area contributed by atoms with Crippen LogP contribution in [0.4, 0.5) is 0 Å². The van der Waals surface area contributed by atoms with Crippen molar-refractivity contribution in [2.75, 3.05) is 6.61 Å². The Balaban J connectivity index is 0.000000202. The van der Waals surface area contributed by atoms with Crippen molar-refractivity contribution in [1.29, 1.82) is 0 Å². The number of aliphatic hydroxyl groups is 1. The van der Waals surface area contributed by atoms with Gasteiger partial charge in [-0.2, -0.15) is 0 Å². The van der Waals surface area contributed by atoms with Crippen LogP contribution >= 0.6 is 25.3 Å². The molecule has 140 valence electrons. The summed E-state index contributed by atoms with van der Waals surface area (Å²) < 4.78 is 0. The van der Waals surface area contributed by atoms with Gasteiger partial charge in [-0.1, -0.05) is 91.0 Å². The predicted molar refractivity (Wildman–Crippen MR) is 117 cm³/mol. The monoisotopic (exact) mass is 398 g/mol. The van der Waals surface area contributed by atoms with Gasteiger partial charge in [0.15, 0.2) is 0 Å². The first-order chi connectivity index (χ1) is 13.0. The number of aliphatic hydroxyl groups excluding tert-OH is 1. The average molecular weight is 399 g/mol. The second-order valence-electron chi connectivity index (χ2n) is 5.30. The molecule has 0 aliphatic rings. The van der Waals surface area contributed by atoms with Gasteiger partial charge in [0, 0.05) is 17.7 Å².